The van der Waals surface area contributed by atoms with Crippen molar-refractivity contribution >= 4 is 17.4 Å². The van der Waals surface area contributed by atoms with E-state index in [-0.39, 0.29) is 17.0 Å². The zero-order chi connectivity index (χ0) is 24.4. The summed E-state index contributed by atoms with van der Waals surface area (Å²) in [5, 5.41) is 12.6. The first-order valence-corrected chi connectivity index (χ1v) is 14.4. The summed E-state index contributed by atoms with van der Waals surface area (Å²) in [6.07, 6.45) is 18.1. The molecule has 3 nitrogen and oxygen atoms in total. The number of fused-ring (bicyclic) bond motifs is 1. The Balaban J connectivity index is 0.00000432. The molecule has 0 bridgehead atoms. The summed E-state index contributed by atoms with van der Waals surface area (Å²) in [4.78, 5) is 2.30. The van der Waals surface area contributed by atoms with Gasteiger partial charge in [0.15, 0.2) is 0 Å². The molecule has 1 aromatic carbocycles. The van der Waals surface area contributed by atoms with E-state index in [0.717, 1.165) is 49.5 Å². The molecule has 1 N–H and O–H groups in total. The smallest absolute Gasteiger partial charge is 0.277 e. The Kier molecular flexibility index (Phi) is 13.4. The van der Waals surface area contributed by atoms with E-state index in [1.807, 2.05) is 12.1 Å². The number of hydrogen-bond donors (Lipinski definition) is 1. The molecule has 35 heavy (non-hydrogen) atoms. The normalized spacial score (nSPS) is 19.9. The van der Waals surface area contributed by atoms with Crippen molar-refractivity contribution in [3.63, 3.8) is 0 Å². The fourth-order valence-electron chi connectivity index (χ4n) is 5.77. The van der Waals surface area contributed by atoms with E-state index in [1.165, 1.54) is 87.6 Å². The number of nitrogens with zero attached hydrogens (tertiary/aromatic N) is 2. The van der Waals surface area contributed by atoms with Crippen LogP contribution in [-0.2, 0) is 6.54 Å². The van der Waals surface area contributed by atoms with Gasteiger partial charge in [0.2, 0.25) is 5.72 Å². The van der Waals surface area contributed by atoms with Crippen LogP contribution >= 0.6 is 11.6 Å². The van der Waals surface area contributed by atoms with Crippen LogP contribution in [0.15, 0.2) is 35.4 Å². The van der Waals surface area contributed by atoms with Gasteiger partial charge in [0.05, 0.1) is 13.1 Å². The molecular formula is C30H48BrClN2O. The number of unbranched alkanes of at least 4 members (excludes halogenated alkanes) is 11. The maximum atomic E-state index is 11.8. The predicted molar refractivity (Wildman–Crippen MR) is 146 cm³/mol. The lowest BCUT2D eigenvalue weighted by atomic mass is 9.96. The van der Waals surface area contributed by atoms with Gasteiger partial charge in [-0.3, -0.25) is 4.58 Å². The molecule has 5 heteroatoms. The van der Waals surface area contributed by atoms with Crippen LogP contribution in [0.4, 0.5) is 0 Å². The quantitative estimate of drug-likeness (QED) is 0.236. The van der Waals surface area contributed by atoms with Crippen LogP contribution < -0.4 is 17.0 Å². The number of rotatable bonds is 15. The Morgan fingerprint density at radius 2 is 1.43 bits per heavy atom. The molecule has 0 saturated heterocycles. The molecule has 0 aliphatic carbocycles. The highest BCUT2D eigenvalue weighted by Crippen LogP contribution is 2.39. The van der Waals surface area contributed by atoms with Gasteiger partial charge in [0.1, 0.15) is 6.54 Å². The minimum absolute atomic E-state index is 0. The lowest BCUT2D eigenvalue weighted by Gasteiger charge is -2.34. The third-order valence-electron chi connectivity index (χ3n) is 7.98. The third kappa shape index (κ3) is 8.33. The second-order valence-corrected chi connectivity index (χ2v) is 11.0. The van der Waals surface area contributed by atoms with Gasteiger partial charge >= 0.3 is 0 Å². The van der Waals surface area contributed by atoms with Crippen LogP contribution in [-0.4, -0.2) is 39.2 Å². The van der Waals surface area contributed by atoms with Crippen molar-refractivity contribution in [2.75, 3.05) is 13.1 Å². The minimum atomic E-state index is -0.809. The van der Waals surface area contributed by atoms with Gasteiger partial charge in [0, 0.05) is 29.0 Å². The highest BCUT2D eigenvalue weighted by atomic mass is 79.9. The van der Waals surface area contributed by atoms with Crippen molar-refractivity contribution in [1.29, 1.82) is 0 Å². The molecule has 1 atom stereocenters. The van der Waals surface area contributed by atoms with Crippen molar-refractivity contribution in [2.45, 2.75) is 123 Å². The van der Waals surface area contributed by atoms with E-state index in [0.29, 0.717) is 0 Å². The summed E-state index contributed by atoms with van der Waals surface area (Å²) >= 11 is 6.08. The largest absolute Gasteiger partial charge is 1.00 e. The highest BCUT2D eigenvalue weighted by molar-refractivity contribution is 6.30. The van der Waals surface area contributed by atoms with Crippen LogP contribution in [0.1, 0.15) is 116 Å². The standard InChI is InChI=1S/C30H48ClN2O.BrH/c1-4-5-6-7-8-9-10-11-12-13-14-15-21-30(34)26(3)25(2)29-32(22-16-23-33(29)30)24-27-17-19-28(31)20-18-27;/h17-20,34H,4-16,21-24H2,1-3H3;1H/q+1;/p-1. The summed E-state index contributed by atoms with van der Waals surface area (Å²) in [7, 11) is 0. The van der Waals surface area contributed by atoms with E-state index in [4.69, 9.17) is 11.6 Å². The lowest BCUT2D eigenvalue weighted by Crippen LogP contribution is -3.00. The van der Waals surface area contributed by atoms with Crippen LogP contribution in [0, 0.1) is 0 Å². The maximum absolute atomic E-state index is 11.8. The molecule has 198 valence electrons. The van der Waals surface area contributed by atoms with Gasteiger partial charge in [-0.25, -0.2) is 4.90 Å². The van der Waals surface area contributed by atoms with Gasteiger partial charge < -0.3 is 22.1 Å². The first kappa shape index (κ1) is 30.4. The zero-order valence-corrected chi connectivity index (χ0v) is 24.8. The van der Waals surface area contributed by atoms with Crippen molar-refractivity contribution in [2.24, 2.45) is 0 Å². The Morgan fingerprint density at radius 1 is 0.886 bits per heavy atom. The predicted octanol–water partition coefficient (Wildman–Crippen LogP) is 5.09. The number of hydrogen-bond acceptors (Lipinski definition) is 2. The first-order chi connectivity index (χ1) is 16.5. The van der Waals surface area contributed by atoms with E-state index in [9.17, 15) is 5.11 Å². The monoisotopic (exact) mass is 566 g/mol. The number of aliphatic hydroxyl groups is 1. The molecule has 2 aliphatic heterocycles. The zero-order valence-electron chi connectivity index (χ0n) is 22.4. The van der Waals surface area contributed by atoms with Crippen molar-refractivity contribution in [3.05, 3.63) is 46.0 Å². The molecule has 1 aromatic rings. The molecule has 2 heterocycles. The molecule has 3 rings (SSSR count). The minimum Gasteiger partial charge on any atom is -1.00 e. The SMILES string of the molecule is CCCCCCCCCCCCCCC1(O)C(C)=C(C)C2=[N+](Cc3ccc(Cl)cc3)CCCN21.[Br-]. The Hall–Kier alpha value is -0.840. The topological polar surface area (TPSA) is 26.5 Å². The number of amidine groups is 1. The van der Waals surface area contributed by atoms with Gasteiger partial charge in [-0.15, -0.1) is 0 Å². The first-order valence-electron chi connectivity index (χ1n) is 14.0. The second-order valence-electron chi connectivity index (χ2n) is 10.6. The molecule has 1 unspecified atom stereocenters. The molecule has 2 aliphatic rings. The molecular weight excluding hydrogens is 520 g/mol. The molecule has 0 fully saturated rings. The van der Waals surface area contributed by atoms with Gasteiger partial charge in [-0.1, -0.05) is 101 Å². The van der Waals surface area contributed by atoms with E-state index < -0.39 is 5.72 Å². The van der Waals surface area contributed by atoms with Gasteiger partial charge in [-0.05, 0) is 38.0 Å². The van der Waals surface area contributed by atoms with Gasteiger partial charge in [0.25, 0.3) is 5.84 Å². The average molecular weight is 568 g/mol. The molecule has 0 spiro atoms. The van der Waals surface area contributed by atoms with Gasteiger partial charge in [-0.2, -0.15) is 0 Å². The lowest BCUT2D eigenvalue weighted by molar-refractivity contribution is -0.554. The Labute approximate surface area is 230 Å². The van der Waals surface area contributed by atoms with Crippen molar-refractivity contribution in [3.8, 4) is 0 Å². The fraction of sp³-hybridized carbons (Fsp3) is 0.700. The fourth-order valence-corrected chi connectivity index (χ4v) is 5.90. The van der Waals surface area contributed by atoms with Crippen LogP contribution in [0.25, 0.3) is 0 Å². The summed E-state index contributed by atoms with van der Waals surface area (Å²) in [5.41, 5.74) is 2.86. The summed E-state index contributed by atoms with van der Waals surface area (Å²) in [6.45, 7) is 9.46. The van der Waals surface area contributed by atoms with E-state index in [2.05, 4.69) is 42.4 Å². The molecule has 0 radical (unpaired) electrons. The van der Waals surface area contributed by atoms with Crippen molar-refractivity contribution in [1.82, 2.24) is 4.90 Å². The summed E-state index contributed by atoms with van der Waals surface area (Å²) in [5.74, 6) is 1.24. The summed E-state index contributed by atoms with van der Waals surface area (Å²) in [6, 6.07) is 8.16. The molecule has 0 saturated carbocycles. The Bertz CT molecular complexity index is 835. The van der Waals surface area contributed by atoms with E-state index in [1.54, 1.807) is 0 Å². The van der Waals surface area contributed by atoms with E-state index >= 15 is 0 Å². The summed E-state index contributed by atoms with van der Waals surface area (Å²) < 4.78 is 2.45. The van der Waals surface area contributed by atoms with Crippen LogP contribution in [0.3, 0.4) is 0 Å². The number of halogens is 2. The van der Waals surface area contributed by atoms with Crippen molar-refractivity contribution < 1.29 is 26.7 Å². The second kappa shape index (κ2) is 15.4. The number of benzene rings is 1. The molecule has 0 aromatic heterocycles. The van der Waals surface area contributed by atoms with Crippen LogP contribution in [0.2, 0.25) is 5.02 Å². The average Bonchev–Trinajstić information content (AvgIpc) is 3.03. The molecule has 0 amide bonds. The van der Waals surface area contributed by atoms with Crippen LogP contribution in [0.5, 0.6) is 0 Å². The highest BCUT2D eigenvalue weighted by Gasteiger charge is 2.53. The maximum Gasteiger partial charge on any atom is 0.277 e. The Morgan fingerprint density at radius 3 is 2.00 bits per heavy atom. The third-order valence-corrected chi connectivity index (χ3v) is 8.23.